The van der Waals surface area contributed by atoms with Crippen molar-refractivity contribution < 1.29 is 9.59 Å². The number of rotatable bonds is 5. The lowest BCUT2D eigenvalue weighted by Crippen LogP contribution is -2.18. The average molecular weight is 321 g/mol. The van der Waals surface area contributed by atoms with Crippen LogP contribution in [0.1, 0.15) is 15.9 Å². The minimum atomic E-state index is -0.427. The first kappa shape index (κ1) is 15.4. The van der Waals surface area contributed by atoms with Crippen LogP contribution in [0.5, 0.6) is 0 Å². The van der Waals surface area contributed by atoms with Gasteiger partial charge in [0.15, 0.2) is 0 Å². The van der Waals surface area contributed by atoms with E-state index in [1.807, 2.05) is 24.3 Å². The van der Waals surface area contributed by atoms with Crippen LogP contribution in [-0.2, 0) is 11.3 Å². The van der Waals surface area contributed by atoms with Gasteiger partial charge in [0, 0.05) is 35.1 Å². The zero-order valence-corrected chi connectivity index (χ0v) is 12.7. The summed E-state index contributed by atoms with van der Waals surface area (Å²) in [6, 6.07) is 10.9. The number of primary amides is 1. The molecule has 2 aromatic heterocycles. The highest BCUT2D eigenvalue weighted by molar-refractivity contribution is 6.01. The maximum atomic E-state index is 11.9. The maximum absolute atomic E-state index is 11.9. The second-order valence-corrected chi connectivity index (χ2v) is 5.14. The molecule has 0 aliphatic heterocycles. The molecule has 0 radical (unpaired) electrons. The molecule has 0 saturated heterocycles. The zero-order valence-electron chi connectivity index (χ0n) is 12.7. The summed E-state index contributed by atoms with van der Waals surface area (Å²) in [6.07, 6.45) is 6.36. The van der Waals surface area contributed by atoms with E-state index >= 15 is 0 Å². The van der Waals surface area contributed by atoms with Crippen LogP contribution < -0.4 is 11.2 Å². The number of pyridine rings is 1. The molecule has 0 aliphatic rings. The van der Waals surface area contributed by atoms with Crippen LogP contribution >= 0.6 is 0 Å². The number of para-hydroxylation sites is 1. The lowest BCUT2D eigenvalue weighted by atomic mass is 10.2. The summed E-state index contributed by atoms with van der Waals surface area (Å²) < 4.78 is 1.75. The van der Waals surface area contributed by atoms with Crippen molar-refractivity contribution in [3.8, 4) is 0 Å². The van der Waals surface area contributed by atoms with Gasteiger partial charge in [-0.25, -0.2) is 5.43 Å². The summed E-state index contributed by atoms with van der Waals surface area (Å²) in [5, 5.41) is 4.89. The molecule has 3 rings (SSSR count). The number of benzene rings is 1. The van der Waals surface area contributed by atoms with Gasteiger partial charge in [-0.2, -0.15) is 5.10 Å². The van der Waals surface area contributed by atoms with Gasteiger partial charge >= 0.3 is 0 Å². The molecule has 0 aliphatic carbocycles. The van der Waals surface area contributed by atoms with E-state index in [0.717, 1.165) is 16.5 Å². The van der Waals surface area contributed by atoms with Crippen LogP contribution in [0.2, 0.25) is 0 Å². The van der Waals surface area contributed by atoms with Crippen LogP contribution in [0.25, 0.3) is 10.9 Å². The normalized spacial score (nSPS) is 11.0. The number of fused-ring (bicyclic) bond motifs is 1. The van der Waals surface area contributed by atoms with Crippen LogP contribution in [0.15, 0.2) is 60.1 Å². The molecular formula is C17H15N5O2. The van der Waals surface area contributed by atoms with Gasteiger partial charge < -0.3 is 10.3 Å². The zero-order chi connectivity index (χ0) is 16.9. The van der Waals surface area contributed by atoms with Gasteiger partial charge in [-0.15, -0.1) is 0 Å². The monoisotopic (exact) mass is 321 g/mol. The number of nitrogens with zero attached hydrogens (tertiary/aromatic N) is 3. The van der Waals surface area contributed by atoms with Crippen molar-refractivity contribution in [2.24, 2.45) is 10.8 Å². The summed E-state index contributed by atoms with van der Waals surface area (Å²) in [5.74, 6) is -0.774. The molecule has 2 amide bonds. The number of amides is 2. The van der Waals surface area contributed by atoms with Crippen molar-refractivity contribution >= 4 is 28.9 Å². The number of nitrogens with two attached hydrogens (primary N) is 1. The van der Waals surface area contributed by atoms with E-state index in [4.69, 9.17) is 5.73 Å². The first-order valence-corrected chi connectivity index (χ1v) is 7.25. The number of hydrazone groups is 1. The molecule has 2 heterocycles. The third-order valence-electron chi connectivity index (χ3n) is 3.44. The molecule has 0 atom stereocenters. The summed E-state index contributed by atoms with van der Waals surface area (Å²) in [6.45, 7) is 0.0798. The molecule has 0 bridgehead atoms. The first-order valence-electron chi connectivity index (χ1n) is 7.25. The van der Waals surface area contributed by atoms with Crippen molar-refractivity contribution in [3.05, 3.63) is 66.1 Å². The Kier molecular flexibility index (Phi) is 4.33. The molecule has 0 fully saturated rings. The predicted octanol–water partition coefficient (Wildman–Crippen LogP) is 1.29. The fourth-order valence-corrected chi connectivity index (χ4v) is 2.40. The van der Waals surface area contributed by atoms with Gasteiger partial charge in [0.05, 0.1) is 11.8 Å². The molecule has 0 saturated carbocycles. The number of carbonyl (C=O) groups excluding carboxylic acids is 2. The minimum Gasteiger partial charge on any atom is -0.368 e. The number of nitrogens with one attached hydrogen (secondary N) is 1. The lowest BCUT2D eigenvalue weighted by Gasteiger charge is -2.00. The number of hydrogen-bond acceptors (Lipinski definition) is 4. The molecule has 3 aromatic rings. The highest BCUT2D eigenvalue weighted by Gasteiger charge is 2.08. The van der Waals surface area contributed by atoms with E-state index in [0.29, 0.717) is 5.56 Å². The topological polar surface area (TPSA) is 102 Å². The first-order chi connectivity index (χ1) is 11.6. The van der Waals surface area contributed by atoms with E-state index in [1.54, 1.807) is 29.1 Å². The van der Waals surface area contributed by atoms with Crippen molar-refractivity contribution in [1.29, 1.82) is 0 Å². The van der Waals surface area contributed by atoms with Gasteiger partial charge in [0.2, 0.25) is 5.91 Å². The Labute approximate surface area is 137 Å². The number of carbonyl (C=O) groups is 2. The van der Waals surface area contributed by atoms with Crippen molar-refractivity contribution in [2.75, 3.05) is 0 Å². The van der Waals surface area contributed by atoms with Crippen LogP contribution in [0.3, 0.4) is 0 Å². The van der Waals surface area contributed by atoms with Gasteiger partial charge in [0.1, 0.15) is 6.54 Å². The molecule has 7 heteroatoms. The predicted molar refractivity (Wildman–Crippen MR) is 90.4 cm³/mol. The molecule has 24 heavy (non-hydrogen) atoms. The molecule has 120 valence electrons. The van der Waals surface area contributed by atoms with Gasteiger partial charge in [-0.1, -0.05) is 18.2 Å². The highest BCUT2D eigenvalue weighted by Crippen LogP contribution is 2.19. The summed E-state index contributed by atoms with van der Waals surface area (Å²) in [5.41, 5.74) is 9.79. The minimum absolute atomic E-state index is 0.0798. The van der Waals surface area contributed by atoms with Gasteiger partial charge in [-0.05, 0) is 18.2 Å². The third kappa shape index (κ3) is 3.30. The Morgan fingerprint density at radius 1 is 1.25 bits per heavy atom. The van der Waals surface area contributed by atoms with E-state index < -0.39 is 5.91 Å². The SMILES string of the molecule is NC(=O)Cn1cc(/C=N\NC(=O)c2cccnc2)c2ccccc21. The van der Waals surface area contributed by atoms with Crippen molar-refractivity contribution in [3.63, 3.8) is 0 Å². The van der Waals surface area contributed by atoms with Crippen LogP contribution in [0.4, 0.5) is 0 Å². The van der Waals surface area contributed by atoms with E-state index in [-0.39, 0.29) is 12.5 Å². The van der Waals surface area contributed by atoms with Gasteiger partial charge in [-0.3, -0.25) is 14.6 Å². The van der Waals surface area contributed by atoms with Gasteiger partial charge in [0.25, 0.3) is 5.91 Å². The van der Waals surface area contributed by atoms with Crippen molar-refractivity contribution in [1.82, 2.24) is 15.0 Å². The molecule has 7 nitrogen and oxygen atoms in total. The van der Waals surface area contributed by atoms with Crippen molar-refractivity contribution in [2.45, 2.75) is 6.54 Å². The molecule has 1 aromatic carbocycles. The third-order valence-corrected chi connectivity index (χ3v) is 3.44. The fourth-order valence-electron chi connectivity index (χ4n) is 2.40. The molecule has 0 spiro atoms. The number of aromatic nitrogens is 2. The lowest BCUT2D eigenvalue weighted by molar-refractivity contribution is -0.118. The standard InChI is InChI=1S/C17H15N5O2/c18-16(23)11-22-10-13(14-5-1-2-6-15(14)22)9-20-21-17(24)12-4-3-7-19-8-12/h1-10H,11H2,(H2,18,23)(H,21,24)/b20-9-. The average Bonchev–Trinajstić information content (AvgIpc) is 2.93. The maximum Gasteiger partial charge on any atom is 0.272 e. The quantitative estimate of drug-likeness (QED) is 0.546. The van der Waals surface area contributed by atoms with E-state index in [1.165, 1.54) is 12.4 Å². The Morgan fingerprint density at radius 2 is 2.08 bits per heavy atom. The van der Waals surface area contributed by atoms with Crippen LogP contribution in [-0.4, -0.2) is 27.6 Å². The van der Waals surface area contributed by atoms with E-state index in [9.17, 15) is 9.59 Å². The molecule has 3 N–H and O–H groups in total. The largest absolute Gasteiger partial charge is 0.368 e. The smallest absolute Gasteiger partial charge is 0.272 e. The molecular weight excluding hydrogens is 306 g/mol. The Bertz CT molecular complexity index is 915. The summed E-state index contributed by atoms with van der Waals surface area (Å²) >= 11 is 0. The summed E-state index contributed by atoms with van der Waals surface area (Å²) in [4.78, 5) is 27.0. The Morgan fingerprint density at radius 3 is 2.83 bits per heavy atom. The molecule has 0 unspecified atom stereocenters. The second-order valence-electron chi connectivity index (χ2n) is 5.14. The van der Waals surface area contributed by atoms with E-state index in [2.05, 4.69) is 15.5 Å². The number of hydrogen-bond donors (Lipinski definition) is 2. The van der Waals surface area contributed by atoms with Crippen LogP contribution in [0, 0.1) is 0 Å². The fraction of sp³-hybridized carbons (Fsp3) is 0.0588. The Balaban J connectivity index is 1.82. The second kappa shape index (κ2) is 6.74. The summed E-state index contributed by atoms with van der Waals surface area (Å²) in [7, 11) is 0. The highest BCUT2D eigenvalue weighted by atomic mass is 16.2. The Hall–Kier alpha value is -3.48.